The van der Waals surface area contributed by atoms with Crippen molar-refractivity contribution in [3.8, 4) is 17.1 Å². The molecule has 1 aromatic carbocycles. The number of aromatic nitrogens is 5. The van der Waals surface area contributed by atoms with Gasteiger partial charge in [-0.3, -0.25) is 14.8 Å². The number of nitrogens with one attached hydrogen (secondary N) is 3. The van der Waals surface area contributed by atoms with Gasteiger partial charge in [0.1, 0.15) is 11.6 Å². The summed E-state index contributed by atoms with van der Waals surface area (Å²) in [7, 11) is 5.33. The second-order valence-corrected chi connectivity index (χ2v) is 6.39. The maximum Gasteiger partial charge on any atom is 0.191 e. The van der Waals surface area contributed by atoms with Crippen LogP contribution in [0.1, 0.15) is 22.8 Å². The highest BCUT2D eigenvalue weighted by molar-refractivity contribution is 14.0. The van der Waals surface area contributed by atoms with Crippen molar-refractivity contribution in [3.63, 3.8) is 0 Å². The zero-order valence-corrected chi connectivity index (χ0v) is 19.6. The average molecular weight is 510 g/mol. The number of H-pyrrole nitrogens is 1. The van der Waals surface area contributed by atoms with E-state index in [4.69, 9.17) is 4.74 Å². The molecule has 0 aliphatic heterocycles. The minimum absolute atomic E-state index is 0. The Labute approximate surface area is 187 Å². The molecular formula is C19H27IN8O. The molecule has 3 aromatic rings. The van der Waals surface area contributed by atoms with E-state index in [1.807, 2.05) is 42.9 Å². The zero-order valence-electron chi connectivity index (χ0n) is 17.3. The van der Waals surface area contributed by atoms with Gasteiger partial charge in [-0.25, -0.2) is 4.98 Å². The van der Waals surface area contributed by atoms with Gasteiger partial charge in [0, 0.05) is 37.5 Å². The number of benzene rings is 1. The maximum absolute atomic E-state index is 5.17. The molecule has 0 saturated carbocycles. The van der Waals surface area contributed by atoms with E-state index in [2.05, 4.69) is 42.8 Å². The molecule has 0 fully saturated rings. The summed E-state index contributed by atoms with van der Waals surface area (Å²) >= 11 is 0. The fraction of sp³-hybridized carbons (Fsp3) is 0.368. The second-order valence-electron chi connectivity index (χ2n) is 6.39. The van der Waals surface area contributed by atoms with Crippen LogP contribution in [0.15, 0.2) is 29.3 Å². The molecule has 0 saturated heterocycles. The molecule has 2 aromatic heterocycles. The van der Waals surface area contributed by atoms with Crippen LogP contribution in [0, 0.1) is 13.8 Å². The highest BCUT2D eigenvalue weighted by atomic mass is 127. The lowest BCUT2D eigenvalue weighted by Crippen LogP contribution is -2.36. The van der Waals surface area contributed by atoms with E-state index in [1.165, 1.54) is 5.56 Å². The lowest BCUT2D eigenvalue weighted by atomic mass is 10.2. The fourth-order valence-electron chi connectivity index (χ4n) is 2.88. The van der Waals surface area contributed by atoms with Crippen LogP contribution in [-0.2, 0) is 20.1 Å². The van der Waals surface area contributed by atoms with Crippen molar-refractivity contribution in [1.82, 2.24) is 35.6 Å². The Balaban J connectivity index is 0.00000300. The van der Waals surface area contributed by atoms with Gasteiger partial charge >= 0.3 is 0 Å². The van der Waals surface area contributed by atoms with Crippen molar-refractivity contribution in [2.75, 3.05) is 14.2 Å². The van der Waals surface area contributed by atoms with Crippen molar-refractivity contribution in [2.45, 2.75) is 26.9 Å². The van der Waals surface area contributed by atoms with Crippen LogP contribution >= 0.6 is 24.0 Å². The standard InChI is InChI=1S/C19H26N8O.HI/c1-12-16(13(2)27(4)26-12)10-21-19(20-3)22-11-17-23-18(25-24-17)14-6-8-15(28-5)9-7-14;/h6-9H,10-11H2,1-5H3,(H2,20,21,22)(H,23,24,25);1H. The molecule has 0 amide bonds. The molecule has 10 heteroatoms. The summed E-state index contributed by atoms with van der Waals surface area (Å²) in [5.41, 5.74) is 4.25. The molecule has 0 aliphatic carbocycles. The number of nitrogens with zero attached hydrogens (tertiary/aromatic N) is 5. The Kier molecular flexibility index (Phi) is 8.00. The van der Waals surface area contributed by atoms with E-state index in [0.29, 0.717) is 24.9 Å². The quantitative estimate of drug-likeness (QED) is 0.267. The predicted octanol–water partition coefficient (Wildman–Crippen LogP) is 2.31. The van der Waals surface area contributed by atoms with Crippen LogP contribution in [0.25, 0.3) is 11.4 Å². The minimum atomic E-state index is 0. The van der Waals surface area contributed by atoms with E-state index in [-0.39, 0.29) is 24.0 Å². The zero-order chi connectivity index (χ0) is 20.1. The Morgan fingerprint density at radius 1 is 1.17 bits per heavy atom. The van der Waals surface area contributed by atoms with E-state index >= 15 is 0 Å². The minimum Gasteiger partial charge on any atom is -0.497 e. The molecule has 0 atom stereocenters. The first-order valence-electron chi connectivity index (χ1n) is 9.01. The van der Waals surface area contributed by atoms with E-state index in [9.17, 15) is 0 Å². The fourth-order valence-corrected chi connectivity index (χ4v) is 2.88. The van der Waals surface area contributed by atoms with E-state index in [1.54, 1.807) is 14.2 Å². The van der Waals surface area contributed by atoms with Crippen molar-refractivity contribution >= 4 is 29.9 Å². The normalized spacial score (nSPS) is 11.1. The molecule has 0 spiro atoms. The molecule has 3 N–H and O–H groups in total. The molecular weight excluding hydrogens is 483 g/mol. The number of guanidine groups is 1. The number of halogens is 1. The molecule has 156 valence electrons. The van der Waals surface area contributed by atoms with Gasteiger partial charge in [-0.05, 0) is 38.1 Å². The van der Waals surface area contributed by atoms with Gasteiger partial charge in [0.05, 0.1) is 19.3 Å². The Bertz CT molecular complexity index is 961. The van der Waals surface area contributed by atoms with Gasteiger partial charge < -0.3 is 15.4 Å². The van der Waals surface area contributed by atoms with Gasteiger partial charge in [-0.2, -0.15) is 10.2 Å². The molecule has 0 radical (unpaired) electrons. The summed E-state index contributed by atoms with van der Waals surface area (Å²) in [4.78, 5) is 8.79. The number of rotatable bonds is 6. The van der Waals surface area contributed by atoms with Crippen molar-refractivity contribution < 1.29 is 4.74 Å². The monoisotopic (exact) mass is 510 g/mol. The first-order valence-corrected chi connectivity index (χ1v) is 9.01. The van der Waals surface area contributed by atoms with Crippen LogP contribution in [0.3, 0.4) is 0 Å². The van der Waals surface area contributed by atoms with Gasteiger partial charge in [0.15, 0.2) is 11.8 Å². The summed E-state index contributed by atoms with van der Waals surface area (Å²) in [5, 5.41) is 18.2. The molecule has 0 bridgehead atoms. The number of hydrogen-bond donors (Lipinski definition) is 3. The van der Waals surface area contributed by atoms with Gasteiger partial charge in [-0.1, -0.05) is 0 Å². The summed E-state index contributed by atoms with van der Waals surface area (Å²) in [6.07, 6.45) is 0. The number of aryl methyl sites for hydroxylation is 2. The predicted molar refractivity (Wildman–Crippen MR) is 124 cm³/mol. The largest absolute Gasteiger partial charge is 0.497 e. The van der Waals surface area contributed by atoms with Gasteiger partial charge in [0.25, 0.3) is 0 Å². The summed E-state index contributed by atoms with van der Waals surface area (Å²) in [6, 6.07) is 7.63. The number of methoxy groups -OCH3 is 1. The van der Waals surface area contributed by atoms with Crippen LogP contribution in [0.4, 0.5) is 0 Å². The molecule has 3 rings (SSSR count). The Morgan fingerprint density at radius 3 is 2.45 bits per heavy atom. The van der Waals surface area contributed by atoms with Crippen LogP contribution in [0.2, 0.25) is 0 Å². The SMILES string of the molecule is CN=C(NCc1nc(-c2ccc(OC)cc2)n[nH]1)NCc1c(C)nn(C)c1C.I. The third-order valence-corrected chi connectivity index (χ3v) is 4.62. The van der Waals surface area contributed by atoms with Gasteiger partial charge in [-0.15, -0.1) is 24.0 Å². The molecule has 29 heavy (non-hydrogen) atoms. The third-order valence-electron chi connectivity index (χ3n) is 4.62. The van der Waals surface area contributed by atoms with E-state index in [0.717, 1.165) is 28.5 Å². The van der Waals surface area contributed by atoms with Crippen LogP contribution in [-0.4, -0.2) is 45.1 Å². The van der Waals surface area contributed by atoms with Crippen LogP contribution in [0.5, 0.6) is 5.75 Å². The summed E-state index contributed by atoms with van der Waals surface area (Å²) in [5.74, 6) is 2.85. The molecule has 9 nitrogen and oxygen atoms in total. The van der Waals surface area contributed by atoms with Crippen LogP contribution < -0.4 is 15.4 Å². The highest BCUT2D eigenvalue weighted by Gasteiger charge is 2.11. The third kappa shape index (κ3) is 5.46. The molecule has 2 heterocycles. The smallest absolute Gasteiger partial charge is 0.191 e. The Hall–Kier alpha value is -2.63. The maximum atomic E-state index is 5.17. The first-order chi connectivity index (χ1) is 13.5. The first kappa shape index (κ1) is 22.7. The number of aliphatic imine (C=N–C) groups is 1. The van der Waals surface area contributed by atoms with E-state index < -0.39 is 0 Å². The lowest BCUT2D eigenvalue weighted by Gasteiger charge is -2.11. The Morgan fingerprint density at radius 2 is 1.86 bits per heavy atom. The molecule has 0 unspecified atom stereocenters. The van der Waals surface area contributed by atoms with Crippen molar-refractivity contribution in [2.24, 2.45) is 12.0 Å². The summed E-state index contributed by atoms with van der Waals surface area (Å²) in [6.45, 7) is 5.20. The topological polar surface area (TPSA) is 105 Å². The van der Waals surface area contributed by atoms with Crippen molar-refractivity contribution in [3.05, 3.63) is 47.0 Å². The number of ether oxygens (including phenoxy) is 1. The second kappa shape index (κ2) is 10.2. The average Bonchev–Trinajstić information content (AvgIpc) is 3.27. The number of aromatic amines is 1. The lowest BCUT2D eigenvalue weighted by molar-refractivity contribution is 0.415. The van der Waals surface area contributed by atoms with Gasteiger partial charge in [0.2, 0.25) is 0 Å². The number of hydrogen-bond acceptors (Lipinski definition) is 5. The van der Waals surface area contributed by atoms with Crippen molar-refractivity contribution in [1.29, 1.82) is 0 Å². The highest BCUT2D eigenvalue weighted by Crippen LogP contribution is 2.18. The summed E-state index contributed by atoms with van der Waals surface area (Å²) < 4.78 is 7.06. The molecule has 0 aliphatic rings.